The monoisotopic (exact) mass is 429 g/mol. The molecule has 6 aromatic rings. The maximum Gasteiger partial charge on any atom is 0.237 e. The quantitative estimate of drug-likeness (QED) is 0.387. The second kappa shape index (κ2) is 7.49. The van der Waals surface area contributed by atoms with Crippen LogP contribution in [0.4, 0.5) is 0 Å². The van der Waals surface area contributed by atoms with E-state index in [-0.39, 0.29) is 0 Å². The number of para-hydroxylation sites is 2. The van der Waals surface area contributed by atoms with Gasteiger partial charge >= 0.3 is 0 Å². The van der Waals surface area contributed by atoms with E-state index < -0.39 is 0 Å². The second-order valence-corrected chi connectivity index (χ2v) is 7.63. The summed E-state index contributed by atoms with van der Waals surface area (Å²) in [5.41, 5.74) is 6.01. The maximum absolute atomic E-state index is 4.59. The van der Waals surface area contributed by atoms with Crippen LogP contribution in [0.15, 0.2) is 86.2 Å². The summed E-state index contributed by atoms with van der Waals surface area (Å²) < 4.78 is 4.16. The van der Waals surface area contributed by atoms with Gasteiger partial charge in [0.2, 0.25) is 11.9 Å². The third kappa shape index (κ3) is 2.79. The van der Waals surface area contributed by atoms with E-state index in [4.69, 9.17) is 0 Å². The Bertz CT molecular complexity index is 1630. The molecule has 0 saturated heterocycles. The predicted molar refractivity (Wildman–Crippen MR) is 129 cm³/mol. The van der Waals surface area contributed by atoms with Crippen molar-refractivity contribution < 1.29 is 0 Å². The Hall–Kier alpha value is -4.65. The molecule has 33 heavy (non-hydrogen) atoms. The average Bonchev–Trinajstić information content (AvgIpc) is 3.36. The van der Waals surface area contributed by atoms with Crippen molar-refractivity contribution in [3.63, 3.8) is 0 Å². The van der Waals surface area contributed by atoms with Gasteiger partial charge in [0.15, 0.2) is 0 Å². The lowest BCUT2D eigenvalue weighted by Gasteiger charge is -2.14. The minimum Gasteiger partial charge on any atom is -0.276 e. The van der Waals surface area contributed by atoms with Gasteiger partial charge in [-0.25, -0.2) is 24.9 Å². The summed E-state index contributed by atoms with van der Waals surface area (Å²) in [6, 6.07) is 18.3. The zero-order valence-electron chi connectivity index (χ0n) is 17.9. The minimum atomic E-state index is 0.546. The van der Waals surface area contributed by atoms with Crippen molar-refractivity contribution in [3.8, 4) is 23.3 Å². The second-order valence-electron chi connectivity index (χ2n) is 7.63. The Kier molecular flexibility index (Phi) is 4.33. The molecule has 0 amide bonds. The fraction of sp³-hybridized carbons (Fsp3) is 0.0385. The van der Waals surface area contributed by atoms with Crippen molar-refractivity contribution in [2.45, 2.75) is 6.92 Å². The van der Waals surface area contributed by atoms with Gasteiger partial charge < -0.3 is 0 Å². The maximum atomic E-state index is 4.59. The van der Waals surface area contributed by atoms with Gasteiger partial charge in [-0.3, -0.25) is 9.13 Å². The summed E-state index contributed by atoms with van der Waals surface area (Å²) in [5.74, 6) is 1.13. The summed E-state index contributed by atoms with van der Waals surface area (Å²) in [7, 11) is 0. The number of nitrogens with zero attached hydrogens (tertiary/aromatic N) is 7. The van der Waals surface area contributed by atoms with Gasteiger partial charge in [0.25, 0.3) is 0 Å². The van der Waals surface area contributed by atoms with Gasteiger partial charge in [0, 0.05) is 28.7 Å². The molecule has 0 atom stereocenters. The summed E-state index contributed by atoms with van der Waals surface area (Å²) in [6.07, 6.45) is 8.43. The van der Waals surface area contributed by atoms with E-state index in [1.807, 2.05) is 36.4 Å². The van der Waals surface area contributed by atoms with Gasteiger partial charge in [-0.15, -0.1) is 0 Å². The Balaban J connectivity index is 1.85. The van der Waals surface area contributed by atoms with Crippen LogP contribution < -0.4 is 0 Å². The molecular weight excluding hydrogens is 410 g/mol. The van der Waals surface area contributed by atoms with E-state index in [0.29, 0.717) is 11.9 Å². The number of fused-ring (bicyclic) bond motifs is 2. The molecule has 0 unspecified atom stereocenters. The first-order valence-corrected chi connectivity index (χ1v) is 10.6. The number of hydrogen-bond acceptors (Lipinski definition) is 5. The molecule has 2 aromatic carbocycles. The van der Waals surface area contributed by atoms with Gasteiger partial charge in [-0.05, 0) is 30.7 Å². The molecule has 6 rings (SSSR count). The van der Waals surface area contributed by atoms with Crippen LogP contribution in [0.1, 0.15) is 11.1 Å². The first-order valence-electron chi connectivity index (χ1n) is 10.6. The van der Waals surface area contributed by atoms with Crippen molar-refractivity contribution in [1.29, 1.82) is 0 Å². The minimum absolute atomic E-state index is 0.546. The van der Waals surface area contributed by atoms with Crippen LogP contribution in [0.25, 0.3) is 51.2 Å². The Morgan fingerprint density at radius 2 is 1.27 bits per heavy atom. The standard InChI is InChI=1S/C26H19N7/c1-3-18-20-10-5-7-12-22(20)33(25-28-13-8-14-29-25)24(18)23-17(2)19-9-4-6-11-21(19)32(23)26-30-15-27-16-31-26/h3-16H,1H2,2H3. The third-order valence-electron chi connectivity index (χ3n) is 5.90. The zero-order chi connectivity index (χ0) is 22.4. The molecule has 0 aliphatic carbocycles. The number of benzene rings is 2. The molecule has 0 saturated carbocycles. The highest BCUT2D eigenvalue weighted by Crippen LogP contribution is 2.41. The van der Waals surface area contributed by atoms with Gasteiger partial charge in [0.1, 0.15) is 12.7 Å². The van der Waals surface area contributed by atoms with Crippen LogP contribution in [0.5, 0.6) is 0 Å². The fourth-order valence-corrected chi connectivity index (χ4v) is 4.56. The predicted octanol–water partition coefficient (Wildman–Crippen LogP) is 5.17. The van der Waals surface area contributed by atoms with E-state index >= 15 is 0 Å². The van der Waals surface area contributed by atoms with E-state index in [1.54, 1.807) is 12.4 Å². The topological polar surface area (TPSA) is 74.3 Å². The van der Waals surface area contributed by atoms with Crippen LogP contribution in [-0.4, -0.2) is 34.1 Å². The number of hydrogen-bond donors (Lipinski definition) is 0. The lowest BCUT2D eigenvalue weighted by atomic mass is 10.1. The van der Waals surface area contributed by atoms with E-state index in [1.165, 1.54) is 12.7 Å². The van der Waals surface area contributed by atoms with Crippen molar-refractivity contribution in [2.24, 2.45) is 0 Å². The molecule has 0 radical (unpaired) electrons. The average molecular weight is 429 g/mol. The third-order valence-corrected chi connectivity index (χ3v) is 5.90. The number of aromatic nitrogens is 7. The van der Waals surface area contributed by atoms with E-state index in [2.05, 4.69) is 71.8 Å². The van der Waals surface area contributed by atoms with Crippen LogP contribution in [-0.2, 0) is 0 Å². The summed E-state index contributed by atoms with van der Waals surface area (Å²) in [5, 5.41) is 2.19. The molecule has 0 bridgehead atoms. The summed E-state index contributed by atoms with van der Waals surface area (Å²) in [4.78, 5) is 22.2. The molecule has 0 aliphatic rings. The van der Waals surface area contributed by atoms with Crippen molar-refractivity contribution in [2.75, 3.05) is 0 Å². The molecule has 0 spiro atoms. The molecule has 7 nitrogen and oxygen atoms in total. The molecule has 0 aliphatic heterocycles. The molecule has 0 fully saturated rings. The number of rotatable bonds is 4. The largest absolute Gasteiger partial charge is 0.276 e. The van der Waals surface area contributed by atoms with Crippen LogP contribution in [0, 0.1) is 6.92 Å². The first-order chi connectivity index (χ1) is 16.3. The van der Waals surface area contributed by atoms with Gasteiger partial charge in [-0.1, -0.05) is 49.1 Å². The lowest BCUT2D eigenvalue weighted by Crippen LogP contribution is -2.08. The smallest absolute Gasteiger partial charge is 0.237 e. The molecule has 4 aromatic heterocycles. The molecular formula is C26H19N7. The van der Waals surface area contributed by atoms with Crippen LogP contribution in [0.2, 0.25) is 0 Å². The number of aryl methyl sites for hydroxylation is 1. The van der Waals surface area contributed by atoms with Crippen molar-refractivity contribution in [3.05, 3.63) is 97.4 Å². The van der Waals surface area contributed by atoms with Gasteiger partial charge in [-0.2, -0.15) is 0 Å². The highest BCUT2D eigenvalue weighted by Gasteiger charge is 2.26. The van der Waals surface area contributed by atoms with Crippen molar-refractivity contribution >= 4 is 27.9 Å². The highest BCUT2D eigenvalue weighted by atomic mass is 15.2. The van der Waals surface area contributed by atoms with Crippen LogP contribution >= 0.6 is 0 Å². The molecule has 0 N–H and O–H groups in total. The SMILES string of the molecule is C=Cc1c(-c2c(C)c3ccccc3n2-c2ncncn2)n(-c2ncccn2)c2ccccc12. The summed E-state index contributed by atoms with van der Waals surface area (Å²) in [6.45, 7) is 6.28. The van der Waals surface area contributed by atoms with Gasteiger partial charge in [0.05, 0.1) is 22.4 Å². The van der Waals surface area contributed by atoms with Crippen molar-refractivity contribution in [1.82, 2.24) is 34.1 Å². The summed E-state index contributed by atoms with van der Waals surface area (Å²) >= 11 is 0. The van der Waals surface area contributed by atoms with Crippen LogP contribution in [0.3, 0.4) is 0 Å². The Morgan fingerprint density at radius 3 is 1.97 bits per heavy atom. The highest BCUT2D eigenvalue weighted by molar-refractivity contribution is 6.02. The molecule has 7 heteroatoms. The Labute approximate surface area is 189 Å². The molecule has 4 heterocycles. The lowest BCUT2D eigenvalue weighted by molar-refractivity contribution is 0.906. The first kappa shape index (κ1) is 19.1. The zero-order valence-corrected chi connectivity index (χ0v) is 17.9. The molecule has 158 valence electrons. The fourth-order valence-electron chi connectivity index (χ4n) is 4.56. The van der Waals surface area contributed by atoms with E-state index in [9.17, 15) is 0 Å². The Morgan fingerprint density at radius 1 is 0.697 bits per heavy atom. The normalized spacial score (nSPS) is 11.3. The van der Waals surface area contributed by atoms with E-state index in [0.717, 1.165) is 44.3 Å².